The summed E-state index contributed by atoms with van der Waals surface area (Å²) in [6.07, 6.45) is 4.15. The van der Waals surface area contributed by atoms with E-state index in [0.29, 0.717) is 17.0 Å². The van der Waals surface area contributed by atoms with Crippen LogP contribution in [0.25, 0.3) is 22.9 Å². The molecule has 0 heterocycles. The molecule has 0 aliphatic heterocycles. The monoisotopic (exact) mass is 405 g/mol. The zero-order valence-corrected chi connectivity index (χ0v) is 16.6. The minimum atomic E-state index is -0.423. The zero-order chi connectivity index (χ0) is 21.2. The molecule has 0 aromatic heterocycles. The SMILES string of the molecule is N=C(Nc1cccc(OC(=O)c2ccccc2)c1)Nc1ccc2cccc3c2c1C=C3. The molecule has 0 atom stereocenters. The summed E-state index contributed by atoms with van der Waals surface area (Å²) in [4.78, 5) is 12.3. The fourth-order valence-corrected chi connectivity index (χ4v) is 3.72. The van der Waals surface area contributed by atoms with Crippen molar-refractivity contribution in [3.8, 4) is 5.75 Å². The fourth-order valence-electron chi connectivity index (χ4n) is 3.72. The van der Waals surface area contributed by atoms with Crippen molar-refractivity contribution in [2.45, 2.75) is 0 Å². The highest BCUT2D eigenvalue weighted by molar-refractivity contribution is 6.11. The van der Waals surface area contributed by atoms with Crippen LogP contribution in [0, 0.1) is 5.41 Å². The Labute approximate surface area is 179 Å². The number of rotatable bonds is 4. The van der Waals surface area contributed by atoms with Gasteiger partial charge >= 0.3 is 5.97 Å². The van der Waals surface area contributed by atoms with Gasteiger partial charge in [0.25, 0.3) is 0 Å². The Morgan fingerprint density at radius 2 is 1.65 bits per heavy atom. The number of benzene rings is 4. The largest absolute Gasteiger partial charge is 0.423 e. The lowest BCUT2D eigenvalue weighted by Gasteiger charge is -2.14. The van der Waals surface area contributed by atoms with Gasteiger partial charge in [-0.2, -0.15) is 0 Å². The maximum Gasteiger partial charge on any atom is 0.343 e. The molecule has 31 heavy (non-hydrogen) atoms. The number of esters is 1. The summed E-state index contributed by atoms with van der Waals surface area (Å²) in [5, 5.41) is 16.9. The molecule has 1 aliphatic rings. The lowest BCUT2D eigenvalue weighted by Crippen LogP contribution is -2.21. The standard InChI is InChI=1S/C26H19N3O2/c27-26(29-23-15-13-18-9-4-8-17-12-14-22(23)24(17)18)28-20-10-5-11-21(16-20)31-25(30)19-6-2-1-3-7-19/h1-16H,(H3,27,28,29). The number of hydrogen-bond acceptors (Lipinski definition) is 3. The zero-order valence-electron chi connectivity index (χ0n) is 16.6. The first-order valence-corrected chi connectivity index (χ1v) is 9.91. The number of nitrogens with one attached hydrogen (secondary N) is 3. The van der Waals surface area contributed by atoms with Crippen LogP contribution < -0.4 is 15.4 Å². The number of ether oxygens (including phenoxy) is 1. The maximum absolute atomic E-state index is 12.3. The Hall–Kier alpha value is -4.38. The normalized spacial score (nSPS) is 11.4. The van der Waals surface area contributed by atoms with Gasteiger partial charge in [-0.15, -0.1) is 0 Å². The van der Waals surface area contributed by atoms with E-state index in [0.717, 1.165) is 11.3 Å². The second kappa shape index (κ2) is 7.80. The van der Waals surface area contributed by atoms with Crippen molar-refractivity contribution in [2.24, 2.45) is 0 Å². The molecule has 0 saturated heterocycles. The summed E-state index contributed by atoms with van der Waals surface area (Å²) in [6, 6.07) is 26.1. The molecule has 0 amide bonds. The van der Waals surface area contributed by atoms with Crippen molar-refractivity contribution in [3.63, 3.8) is 0 Å². The molecule has 5 rings (SSSR count). The minimum absolute atomic E-state index is 0.125. The van der Waals surface area contributed by atoms with Gasteiger partial charge in [-0.3, -0.25) is 5.41 Å². The molecule has 0 radical (unpaired) electrons. The van der Waals surface area contributed by atoms with Gasteiger partial charge in [0.15, 0.2) is 5.96 Å². The molecule has 5 nitrogen and oxygen atoms in total. The van der Waals surface area contributed by atoms with E-state index in [4.69, 9.17) is 10.1 Å². The van der Waals surface area contributed by atoms with Crippen LogP contribution >= 0.6 is 0 Å². The van der Waals surface area contributed by atoms with Crippen molar-refractivity contribution in [2.75, 3.05) is 10.6 Å². The van der Waals surface area contributed by atoms with E-state index in [1.54, 1.807) is 42.5 Å². The molecular formula is C26H19N3O2. The molecule has 3 N–H and O–H groups in total. The molecule has 5 heteroatoms. The van der Waals surface area contributed by atoms with Crippen LogP contribution in [-0.2, 0) is 0 Å². The van der Waals surface area contributed by atoms with Gasteiger partial charge in [-0.25, -0.2) is 4.79 Å². The molecule has 150 valence electrons. The Morgan fingerprint density at radius 1 is 0.806 bits per heavy atom. The quantitative estimate of drug-likeness (QED) is 0.148. The van der Waals surface area contributed by atoms with E-state index in [-0.39, 0.29) is 5.96 Å². The van der Waals surface area contributed by atoms with Crippen molar-refractivity contribution in [1.82, 2.24) is 0 Å². The Morgan fingerprint density at radius 3 is 2.52 bits per heavy atom. The molecule has 0 fully saturated rings. The first-order chi connectivity index (χ1) is 15.2. The van der Waals surface area contributed by atoms with E-state index >= 15 is 0 Å². The van der Waals surface area contributed by atoms with Crippen LogP contribution in [0.5, 0.6) is 5.75 Å². The highest BCUT2D eigenvalue weighted by Gasteiger charge is 2.14. The van der Waals surface area contributed by atoms with Crippen molar-refractivity contribution in [3.05, 3.63) is 102 Å². The summed E-state index contributed by atoms with van der Waals surface area (Å²) in [7, 11) is 0. The Kier molecular flexibility index (Phi) is 4.69. The summed E-state index contributed by atoms with van der Waals surface area (Å²) in [5.74, 6) is 0.108. The van der Waals surface area contributed by atoms with Gasteiger partial charge in [0.05, 0.1) is 5.56 Å². The van der Waals surface area contributed by atoms with Gasteiger partial charge in [0.1, 0.15) is 5.75 Å². The maximum atomic E-state index is 12.3. The van der Waals surface area contributed by atoms with Crippen LogP contribution in [0.4, 0.5) is 11.4 Å². The van der Waals surface area contributed by atoms with Gasteiger partial charge in [-0.05, 0) is 46.7 Å². The van der Waals surface area contributed by atoms with Gasteiger partial charge < -0.3 is 15.4 Å². The Balaban J connectivity index is 1.30. The van der Waals surface area contributed by atoms with Crippen LogP contribution in [0.1, 0.15) is 21.5 Å². The van der Waals surface area contributed by atoms with Crippen molar-refractivity contribution < 1.29 is 9.53 Å². The molecule has 0 unspecified atom stereocenters. The summed E-state index contributed by atoms with van der Waals surface area (Å²) in [6.45, 7) is 0. The highest BCUT2D eigenvalue weighted by atomic mass is 16.5. The molecule has 4 aromatic rings. The summed E-state index contributed by atoms with van der Waals surface area (Å²) in [5.41, 5.74) is 4.24. The average Bonchev–Trinajstić information content (AvgIpc) is 3.22. The first-order valence-electron chi connectivity index (χ1n) is 9.91. The van der Waals surface area contributed by atoms with Crippen LogP contribution in [0.2, 0.25) is 0 Å². The summed E-state index contributed by atoms with van der Waals surface area (Å²) >= 11 is 0. The summed E-state index contributed by atoms with van der Waals surface area (Å²) < 4.78 is 5.45. The minimum Gasteiger partial charge on any atom is -0.423 e. The van der Waals surface area contributed by atoms with Gasteiger partial charge in [0, 0.05) is 23.0 Å². The lowest BCUT2D eigenvalue weighted by molar-refractivity contribution is 0.0735. The number of anilines is 2. The molecule has 0 spiro atoms. The smallest absolute Gasteiger partial charge is 0.343 e. The first kappa shape index (κ1) is 18.6. The van der Waals surface area contributed by atoms with Crippen LogP contribution in [0.15, 0.2) is 84.9 Å². The third kappa shape index (κ3) is 3.76. The number of carbonyl (C=O) groups is 1. The van der Waals surface area contributed by atoms with E-state index < -0.39 is 5.97 Å². The fraction of sp³-hybridized carbons (Fsp3) is 0. The number of hydrogen-bond donors (Lipinski definition) is 3. The van der Waals surface area contributed by atoms with Gasteiger partial charge in [-0.1, -0.05) is 60.7 Å². The third-order valence-electron chi connectivity index (χ3n) is 5.13. The van der Waals surface area contributed by atoms with Crippen LogP contribution in [0.3, 0.4) is 0 Å². The van der Waals surface area contributed by atoms with Crippen molar-refractivity contribution >= 4 is 46.2 Å². The lowest BCUT2D eigenvalue weighted by atomic mass is 10.0. The predicted molar refractivity (Wildman–Crippen MR) is 126 cm³/mol. The van der Waals surface area contributed by atoms with Gasteiger partial charge in [0.2, 0.25) is 0 Å². The number of carbonyl (C=O) groups excluding carboxylic acids is 1. The number of guanidine groups is 1. The van der Waals surface area contributed by atoms with E-state index in [9.17, 15) is 4.79 Å². The predicted octanol–water partition coefficient (Wildman–Crippen LogP) is 6.00. The molecule has 4 aromatic carbocycles. The van der Waals surface area contributed by atoms with E-state index in [2.05, 4.69) is 41.0 Å². The van der Waals surface area contributed by atoms with E-state index in [1.165, 1.54) is 16.3 Å². The van der Waals surface area contributed by atoms with E-state index in [1.807, 2.05) is 24.3 Å². The second-order valence-electron chi connectivity index (χ2n) is 7.21. The molecule has 0 bridgehead atoms. The third-order valence-corrected chi connectivity index (χ3v) is 5.13. The molecular weight excluding hydrogens is 386 g/mol. The molecule has 0 saturated carbocycles. The van der Waals surface area contributed by atoms with Crippen molar-refractivity contribution in [1.29, 1.82) is 5.41 Å². The second-order valence-corrected chi connectivity index (χ2v) is 7.21. The topological polar surface area (TPSA) is 74.2 Å². The molecule has 1 aliphatic carbocycles. The highest BCUT2D eigenvalue weighted by Crippen LogP contribution is 2.36. The Bertz CT molecular complexity index is 1340. The van der Waals surface area contributed by atoms with Crippen LogP contribution in [-0.4, -0.2) is 11.9 Å². The average molecular weight is 405 g/mol.